The second-order valence-corrected chi connectivity index (χ2v) is 8.55. The monoisotopic (exact) mass is 381 g/mol. The molecule has 6 heteroatoms. The molecule has 2 aliphatic heterocycles. The Labute approximate surface area is 160 Å². The van der Waals surface area contributed by atoms with Crippen LogP contribution in [-0.2, 0) is 11.3 Å². The van der Waals surface area contributed by atoms with Crippen molar-refractivity contribution in [2.75, 3.05) is 46.8 Å². The van der Waals surface area contributed by atoms with E-state index in [1.807, 2.05) is 20.2 Å². The van der Waals surface area contributed by atoms with Gasteiger partial charge < -0.3 is 9.80 Å². The van der Waals surface area contributed by atoms with Crippen molar-refractivity contribution in [1.82, 2.24) is 14.7 Å². The molecule has 2 fully saturated rings. The maximum atomic E-state index is 13.6. The van der Waals surface area contributed by atoms with Gasteiger partial charge in [0.05, 0.1) is 5.02 Å². The normalized spacial score (nSPS) is 21.0. The molecule has 1 spiro atoms. The van der Waals surface area contributed by atoms with Gasteiger partial charge in [0.15, 0.2) is 0 Å². The van der Waals surface area contributed by atoms with Gasteiger partial charge in [0.25, 0.3) is 0 Å². The molecule has 0 radical (unpaired) electrons. The van der Waals surface area contributed by atoms with Crippen molar-refractivity contribution in [2.24, 2.45) is 5.41 Å². The van der Waals surface area contributed by atoms with E-state index in [-0.39, 0.29) is 16.3 Å². The third-order valence-corrected chi connectivity index (χ3v) is 6.18. The Morgan fingerprint density at radius 2 is 1.96 bits per heavy atom. The first-order chi connectivity index (χ1) is 12.4. The van der Waals surface area contributed by atoms with Gasteiger partial charge in [-0.2, -0.15) is 0 Å². The molecule has 3 rings (SSSR count). The van der Waals surface area contributed by atoms with Crippen LogP contribution in [0.15, 0.2) is 18.2 Å². The summed E-state index contributed by atoms with van der Waals surface area (Å²) in [6.07, 6.45) is 3.90. The molecule has 0 N–H and O–H groups in total. The summed E-state index contributed by atoms with van der Waals surface area (Å²) < 4.78 is 13.6. The Morgan fingerprint density at radius 1 is 1.23 bits per heavy atom. The first-order valence-corrected chi connectivity index (χ1v) is 9.83. The lowest BCUT2D eigenvalue weighted by Gasteiger charge is -2.47. The molecule has 0 aromatic heterocycles. The summed E-state index contributed by atoms with van der Waals surface area (Å²) in [5.74, 6) is -0.0449. The van der Waals surface area contributed by atoms with E-state index in [2.05, 4.69) is 14.7 Å². The minimum absolute atomic E-state index is 0.177. The molecule has 2 heterocycles. The SMILES string of the molecule is CN(C)CCN1CC2(CCC1=O)CCN(Cc1ccc(Cl)c(F)c1)CC2. The lowest BCUT2D eigenvalue weighted by molar-refractivity contribution is -0.139. The van der Waals surface area contributed by atoms with Gasteiger partial charge in [-0.1, -0.05) is 17.7 Å². The number of hydrogen-bond donors (Lipinski definition) is 0. The summed E-state index contributed by atoms with van der Waals surface area (Å²) in [7, 11) is 4.09. The first-order valence-electron chi connectivity index (χ1n) is 9.46. The molecule has 1 amide bonds. The third-order valence-electron chi connectivity index (χ3n) is 5.87. The number of likely N-dealkylation sites (N-methyl/N-ethyl adjacent to an activating group) is 1. The predicted octanol–water partition coefficient (Wildman–Crippen LogP) is 3.25. The number of carbonyl (C=O) groups excluding carboxylic acids is 1. The van der Waals surface area contributed by atoms with Crippen molar-refractivity contribution in [2.45, 2.75) is 32.2 Å². The highest BCUT2D eigenvalue weighted by molar-refractivity contribution is 6.30. The summed E-state index contributed by atoms with van der Waals surface area (Å²) >= 11 is 5.77. The highest BCUT2D eigenvalue weighted by Gasteiger charge is 2.40. The van der Waals surface area contributed by atoms with E-state index in [9.17, 15) is 9.18 Å². The molecule has 0 bridgehead atoms. The van der Waals surface area contributed by atoms with Crippen LogP contribution >= 0.6 is 11.6 Å². The Morgan fingerprint density at radius 3 is 2.62 bits per heavy atom. The zero-order valence-corrected chi connectivity index (χ0v) is 16.6. The fourth-order valence-corrected chi connectivity index (χ4v) is 4.23. The average Bonchev–Trinajstić information content (AvgIpc) is 2.61. The van der Waals surface area contributed by atoms with Crippen LogP contribution in [0, 0.1) is 11.2 Å². The van der Waals surface area contributed by atoms with Crippen LogP contribution in [0.2, 0.25) is 5.02 Å². The van der Waals surface area contributed by atoms with Crippen LogP contribution in [0.5, 0.6) is 0 Å². The molecule has 2 saturated heterocycles. The standard InChI is InChI=1S/C20H29ClFN3O/c1-23(2)11-12-25-15-20(6-5-19(25)26)7-9-24(10-8-20)14-16-3-4-17(21)18(22)13-16/h3-4,13H,5-12,14-15H2,1-2H3. The van der Waals surface area contributed by atoms with E-state index < -0.39 is 0 Å². The van der Waals surface area contributed by atoms with Crippen molar-refractivity contribution in [3.63, 3.8) is 0 Å². The number of likely N-dealkylation sites (tertiary alicyclic amines) is 2. The fourth-order valence-electron chi connectivity index (χ4n) is 4.12. The van der Waals surface area contributed by atoms with Crippen LogP contribution in [0.1, 0.15) is 31.2 Å². The summed E-state index contributed by atoms with van der Waals surface area (Å²) in [6, 6.07) is 5.07. The number of benzene rings is 1. The van der Waals surface area contributed by atoms with Gasteiger partial charge in [-0.05, 0) is 69.6 Å². The largest absolute Gasteiger partial charge is 0.341 e. The Kier molecular flexibility index (Phi) is 6.21. The van der Waals surface area contributed by atoms with E-state index in [0.717, 1.165) is 64.1 Å². The Balaban J connectivity index is 1.55. The van der Waals surface area contributed by atoms with E-state index in [1.54, 1.807) is 6.07 Å². The molecule has 0 atom stereocenters. The zero-order chi connectivity index (χ0) is 18.7. The predicted molar refractivity (Wildman–Crippen MR) is 103 cm³/mol. The lowest BCUT2D eigenvalue weighted by Crippen LogP contribution is -2.52. The minimum atomic E-state index is -0.347. The van der Waals surface area contributed by atoms with E-state index in [0.29, 0.717) is 12.3 Å². The quantitative estimate of drug-likeness (QED) is 0.783. The van der Waals surface area contributed by atoms with Gasteiger partial charge in [0.2, 0.25) is 5.91 Å². The van der Waals surface area contributed by atoms with Gasteiger partial charge in [-0.15, -0.1) is 0 Å². The molecule has 26 heavy (non-hydrogen) atoms. The number of hydrogen-bond acceptors (Lipinski definition) is 3. The number of halogens is 2. The second-order valence-electron chi connectivity index (χ2n) is 8.14. The van der Waals surface area contributed by atoms with E-state index in [4.69, 9.17) is 11.6 Å². The number of carbonyl (C=O) groups is 1. The molecular formula is C20H29ClFN3O. The van der Waals surface area contributed by atoms with E-state index in [1.165, 1.54) is 6.07 Å². The summed E-state index contributed by atoms with van der Waals surface area (Å²) in [6.45, 7) is 5.38. The molecule has 0 saturated carbocycles. The Hall–Kier alpha value is -1.17. The molecule has 2 aliphatic rings. The van der Waals surface area contributed by atoms with Crippen LogP contribution in [0.4, 0.5) is 4.39 Å². The van der Waals surface area contributed by atoms with Crippen LogP contribution in [0.3, 0.4) is 0 Å². The van der Waals surface area contributed by atoms with Crippen LogP contribution < -0.4 is 0 Å². The number of amides is 1. The van der Waals surface area contributed by atoms with E-state index >= 15 is 0 Å². The lowest BCUT2D eigenvalue weighted by atomic mass is 9.72. The fraction of sp³-hybridized carbons (Fsp3) is 0.650. The summed E-state index contributed by atoms with van der Waals surface area (Å²) in [4.78, 5) is 18.8. The topological polar surface area (TPSA) is 26.8 Å². The van der Waals surface area contributed by atoms with Gasteiger partial charge in [-0.3, -0.25) is 9.69 Å². The molecule has 144 valence electrons. The highest BCUT2D eigenvalue weighted by atomic mass is 35.5. The smallest absolute Gasteiger partial charge is 0.222 e. The first kappa shape index (κ1) is 19.6. The molecular weight excluding hydrogens is 353 g/mol. The molecule has 4 nitrogen and oxygen atoms in total. The molecule has 0 unspecified atom stereocenters. The van der Waals surface area contributed by atoms with Crippen molar-refractivity contribution in [3.8, 4) is 0 Å². The van der Waals surface area contributed by atoms with Gasteiger partial charge in [-0.25, -0.2) is 4.39 Å². The van der Waals surface area contributed by atoms with Crippen molar-refractivity contribution in [1.29, 1.82) is 0 Å². The van der Waals surface area contributed by atoms with Crippen molar-refractivity contribution < 1.29 is 9.18 Å². The molecule has 1 aromatic carbocycles. The summed E-state index contributed by atoms with van der Waals surface area (Å²) in [5, 5.41) is 0.177. The second kappa shape index (κ2) is 8.24. The van der Waals surface area contributed by atoms with Crippen molar-refractivity contribution in [3.05, 3.63) is 34.6 Å². The Bertz CT molecular complexity index is 644. The van der Waals surface area contributed by atoms with Gasteiger partial charge >= 0.3 is 0 Å². The maximum Gasteiger partial charge on any atom is 0.222 e. The van der Waals surface area contributed by atoms with Crippen LogP contribution in [-0.4, -0.2) is 67.4 Å². The zero-order valence-electron chi connectivity index (χ0n) is 15.8. The number of nitrogens with zero attached hydrogens (tertiary/aromatic N) is 3. The van der Waals surface area contributed by atoms with Gasteiger partial charge in [0.1, 0.15) is 5.82 Å². The van der Waals surface area contributed by atoms with Gasteiger partial charge in [0, 0.05) is 32.6 Å². The third kappa shape index (κ3) is 4.76. The maximum absolute atomic E-state index is 13.6. The molecule has 1 aromatic rings. The highest BCUT2D eigenvalue weighted by Crippen LogP contribution is 2.40. The average molecular weight is 382 g/mol. The van der Waals surface area contributed by atoms with Crippen LogP contribution in [0.25, 0.3) is 0 Å². The van der Waals surface area contributed by atoms with Crippen molar-refractivity contribution >= 4 is 17.5 Å². The molecule has 0 aliphatic carbocycles. The number of piperidine rings is 2. The summed E-state index contributed by atoms with van der Waals surface area (Å²) in [5.41, 5.74) is 1.23. The number of rotatable bonds is 5. The minimum Gasteiger partial charge on any atom is -0.341 e.